The van der Waals surface area contributed by atoms with Gasteiger partial charge in [-0.05, 0) is 42.2 Å². The minimum absolute atomic E-state index is 0.102. The zero-order valence-corrected chi connectivity index (χ0v) is 14.0. The molecule has 2 aromatic carbocycles. The van der Waals surface area contributed by atoms with Gasteiger partial charge in [-0.1, -0.05) is 43.2 Å². The molecule has 0 radical (unpaired) electrons. The molecule has 0 atom stereocenters. The fraction of sp³-hybridized carbons (Fsp3) is 0.300. The first-order valence-corrected chi connectivity index (χ1v) is 8.72. The van der Waals surface area contributed by atoms with E-state index < -0.39 is 5.41 Å². The van der Waals surface area contributed by atoms with Crippen LogP contribution < -0.4 is 16.0 Å². The number of amides is 3. The van der Waals surface area contributed by atoms with Crippen LogP contribution in [0.4, 0.5) is 16.2 Å². The number of hydrogen-bond donors (Lipinski definition) is 3. The molecule has 1 saturated carbocycles. The SMILES string of the molecule is O=C(NCc1ccccc1)Nc1ccc2c(c1)C1(CCCC1)C(=O)N2. The van der Waals surface area contributed by atoms with Gasteiger partial charge in [-0.25, -0.2) is 4.79 Å². The van der Waals surface area contributed by atoms with Crippen molar-refractivity contribution in [2.75, 3.05) is 10.6 Å². The van der Waals surface area contributed by atoms with Crippen molar-refractivity contribution in [3.8, 4) is 0 Å². The molecule has 1 heterocycles. The smallest absolute Gasteiger partial charge is 0.319 e. The van der Waals surface area contributed by atoms with Gasteiger partial charge in [0.15, 0.2) is 0 Å². The summed E-state index contributed by atoms with van der Waals surface area (Å²) >= 11 is 0. The van der Waals surface area contributed by atoms with Crippen LogP contribution in [0.5, 0.6) is 0 Å². The van der Waals surface area contributed by atoms with E-state index in [1.807, 2.05) is 48.5 Å². The first kappa shape index (κ1) is 15.7. The summed E-state index contributed by atoms with van der Waals surface area (Å²) in [4.78, 5) is 24.6. The van der Waals surface area contributed by atoms with Crippen molar-refractivity contribution >= 4 is 23.3 Å². The molecule has 1 spiro atoms. The van der Waals surface area contributed by atoms with E-state index in [0.717, 1.165) is 42.5 Å². The maximum Gasteiger partial charge on any atom is 0.319 e. The van der Waals surface area contributed by atoms with Gasteiger partial charge in [0.25, 0.3) is 0 Å². The van der Waals surface area contributed by atoms with E-state index in [2.05, 4.69) is 16.0 Å². The number of urea groups is 1. The average Bonchev–Trinajstić information content (AvgIpc) is 3.22. The molecule has 3 amide bonds. The van der Waals surface area contributed by atoms with E-state index in [4.69, 9.17) is 0 Å². The monoisotopic (exact) mass is 335 g/mol. The molecule has 5 heteroatoms. The Bertz CT molecular complexity index is 811. The highest BCUT2D eigenvalue weighted by Crippen LogP contribution is 2.49. The van der Waals surface area contributed by atoms with Gasteiger partial charge in [0.05, 0.1) is 5.41 Å². The highest BCUT2D eigenvalue weighted by Gasteiger charge is 2.48. The molecular weight excluding hydrogens is 314 g/mol. The highest BCUT2D eigenvalue weighted by atomic mass is 16.2. The number of rotatable bonds is 3. The second kappa shape index (κ2) is 6.24. The topological polar surface area (TPSA) is 70.2 Å². The molecule has 25 heavy (non-hydrogen) atoms. The summed E-state index contributed by atoms with van der Waals surface area (Å²) in [5.41, 5.74) is 3.27. The van der Waals surface area contributed by atoms with E-state index >= 15 is 0 Å². The summed E-state index contributed by atoms with van der Waals surface area (Å²) in [5, 5.41) is 8.72. The molecule has 1 aliphatic heterocycles. The van der Waals surface area contributed by atoms with E-state index in [-0.39, 0.29) is 11.9 Å². The highest BCUT2D eigenvalue weighted by molar-refractivity contribution is 6.07. The van der Waals surface area contributed by atoms with Crippen molar-refractivity contribution < 1.29 is 9.59 Å². The normalized spacial score (nSPS) is 17.2. The molecule has 0 saturated heterocycles. The zero-order chi connectivity index (χ0) is 17.3. The van der Waals surface area contributed by atoms with Gasteiger partial charge in [0.1, 0.15) is 0 Å². The molecule has 5 nitrogen and oxygen atoms in total. The van der Waals surface area contributed by atoms with Crippen molar-refractivity contribution in [2.45, 2.75) is 37.6 Å². The van der Waals surface area contributed by atoms with Crippen LogP contribution in [0.15, 0.2) is 48.5 Å². The lowest BCUT2D eigenvalue weighted by Gasteiger charge is -2.21. The molecule has 1 aliphatic carbocycles. The summed E-state index contributed by atoms with van der Waals surface area (Å²) in [6, 6.07) is 15.2. The molecule has 128 valence electrons. The van der Waals surface area contributed by atoms with Gasteiger partial charge in [-0.3, -0.25) is 4.79 Å². The molecule has 3 N–H and O–H groups in total. The fourth-order valence-electron chi connectivity index (χ4n) is 3.92. The van der Waals surface area contributed by atoms with Crippen LogP contribution in [-0.2, 0) is 16.8 Å². The van der Waals surface area contributed by atoms with Gasteiger partial charge in [-0.2, -0.15) is 0 Å². The third-order valence-corrected chi connectivity index (χ3v) is 5.23. The van der Waals surface area contributed by atoms with Gasteiger partial charge < -0.3 is 16.0 Å². The van der Waals surface area contributed by atoms with Gasteiger partial charge in [0, 0.05) is 17.9 Å². The van der Waals surface area contributed by atoms with Crippen molar-refractivity contribution in [2.24, 2.45) is 0 Å². The number of benzene rings is 2. The number of fused-ring (bicyclic) bond motifs is 2. The first-order valence-electron chi connectivity index (χ1n) is 8.72. The summed E-state index contributed by atoms with van der Waals surface area (Å²) < 4.78 is 0. The van der Waals surface area contributed by atoms with Gasteiger partial charge in [-0.15, -0.1) is 0 Å². The molecule has 0 unspecified atom stereocenters. The van der Waals surface area contributed by atoms with Gasteiger partial charge >= 0.3 is 6.03 Å². The summed E-state index contributed by atoms with van der Waals surface area (Å²) in [6.45, 7) is 0.474. The van der Waals surface area contributed by atoms with E-state index in [9.17, 15) is 9.59 Å². The van der Waals surface area contributed by atoms with Crippen LogP contribution >= 0.6 is 0 Å². The number of carbonyl (C=O) groups excluding carboxylic acids is 2. The Balaban J connectivity index is 1.46. The molecule has 4 rings (SSSR count). The predicted molar refractivity (Wildman–Crippen MR) is 97.5 cm³/mol. The minimum Gasteiger partial charge on any atom is -0.334 e. The van der Waals surface area contributed by atoms with Crippen LogP contribution in [-0.4, -0.2) is 11.9 Å². The second-order valence-electron chi connectivity index (χ2n) is 6.80. The number of hydrogen-bond acceptors (Lipinski definition) is 2. The fourth-order valence-corrected chi connectivity index (χ4v) is 3.92. The summed E-state index contributed by atoms with van der Waals surface area (Å²) in [7, 11) is 0. The summed E-state index contributed by atoms with van der Waals surface area (Å²) in [6.07, 6.45) is 3.91. The Morgan fingerprint density at radius 1 is 1.08 bits per heavy atom. The van der Waals surface area contributed by atoms with Crippen LogP contribution in [0.3, 0.4) is 0 Å². The Hall–Kier alpha value is -2.82. The number of anilines is 2. The number of nitrogens with one attached hydrogen (secondary N) is 3. The standard InChI is InChI=1S/C20H21N3O2/c24-18-20(10-4-5-11-20)16-12-15(8-9-17(16)23-18)22-19(25)21-13-14-6-2-1-3-7-14/h1-3,6-9,12H,4-5,10-11,13H2,(H,23,24)(H2,21,22,25). The average molecular weight is 335 g/mol. The van der Waals surface area contributed by atoms with Crippen LogP contribution in [0.25, 0.3) is 0 Å². The second-order valence-corrected chi connectivity index (χ2v) is 6.80. The molecule has 0 bridgehead atoms. The number of carbonyl (C=O) groups is 2. The zero-order valence-electron chi connectivity index (χ0n) is 14.0. The largest absolute Gasteiger partial charge is 0.334 e. The lowest BCUT2D eigenvalue weighted by Crippen LogP contribution is -2.31. The van der Waals surface area contributed by atoms with E-state index in [1.165, 1.54) is 0 Å². The molecule has 2 aromatic rings. The van der Waals surface area contributed by atoms with Crippen LogP contribution in [0, 0.1) is 0 Å². The third kappa shape index (κ3) is 2.86. The Morgan fingerprint density at radius 3 is 2.60 bits per heavy atom. The van der Waals surface area contributed by atoms with E-state index in [0.29, 0.717) is 12.2 Å². The molecule has 0 aromatic heterocycles. The van der Waals surface area contributed by atoms with Crippen molar-refractivity contribution in [3.63, 3.8) is 0 Å². The van der Waals surface area contributed by atoms with Crippen molar-refractivity contribution in [3.05, 3.63) is 59.7 Å². The maximum atomic E-state index is 12.4. The van der Waals surface area contributed by atoms with Crippen molar-refractivity contribution in [1.82, 2.24) is 5.32 Å². The summed E-state index contributed by atoms with van der Waals surface area (Å²) in [5.74, 6) is 0.102. The first-order chi connectivity index (χ1) is 12.2. The predicted octanol–water partition coefficient (Wildman–Crippen LogP) is 3.77. The molecule has 2 aliphatic rings. The lowest BCUT2D eigenvalue weighted by molar-refractivity contribution is -0.120. The quantitative estimate of drug-likeness (QED) is 0.799. The molecular formula is C20H21N3O2. The van der Waals surface area contributed by atoms with E-state index in [1.54, 1.807) is 0 Å². The lowest BCUT2D eigenvalue weighted by atomic mass is 9.80. The third-order valence-electron chi connectivity index (χ3n) is 5.23. The Labute approximate surface area is 146 Å². The van der Waals surface area contributed by atoms with Crippen molar-refractivity contribution in [1.29, 1.82) is 0 Å². The molecule has 1 fully saturated rings. The van der Waals surface area contributed by atoms with Gasteiger partial charge in [0.2, 0.25) is 5.91 Å². The Kier molecular flexibility index (Phi) is 3.92. The minimum atomic E-state index is -0.395. The van der Waals surface area contributed by atoms with Crippen LogP contribution in [0.1, 0.15) is 36.8 Å². The maximum absolute atomic E-state index is 12.4. The Morgan fingerprint density at radius 2 is 1.84 bits per heavy atom. The van der Waals surface area contributed by atoms with Crippen LogP contribution in [0.2, 0.25) is 0 Å².